The summed E-state index contributed by atoms with van der Waals surface area (Å²) in [5.41, 5.74) is 4.09. The number of nitrogens with zero attached hydrogens (tertiary/aromatic N) is 1. The molecule has 1 aromatic carbocycles. The van der Waals surface area contributed by atoms with Gasteiger partial charge >= 0.3 is 0 Å². The van der Waals surface area contributed by atoms with E-state index in [1.54, 1.807) is 0 Å². The molecule has 16 heavy (non-hydrogen) atoms. The lowest BCUT2D eigenvalue weighted by Gasteiger charge is -2.22. The molecule has 0 bridgehead atoms. The molecule has 1 rings (SSSR count). The lowest BCUT2D eigenvalue weighted by Crippen LogP contribution is -2.21. The number of hydrogen-bond acceptors (Lipinski definition) is 2. The van der Waals surface area contributed by atoms with Crippen LogP contribution in [0.3, 0.4) is 0 Å². The van der Waals surface area contributed by atoms with Crippen LogP contribution in [0.25, 0.3) is 0 Å². The zero-order valence-corrected chi connectivity index (χ0v) is 11.0. The molecular formula is C14H24N2. The highest BCUT2D eigenvalue weighted by molar-refractivity contribution is 5.54. The summed E-state index contributed by atoms with van der Waals surface area (Å²) in [5.74, 6) is 0. The molecule has 0 saturated carbocycles. The van der Waals surface area contributed by atoms with Gasteiger partial charge in [-0.25, -0.2) is 0 Å². The van der Waals surface area contributed by atoms with E-state index in [1.807, 2.05) is 0 Å². The SMILES string of the molecule is CCCN(C)c1ccc(C)cc1CNCC. The van der Waals surface area contributed by atoms with E-state index in [9.17, 15) is 0 Å². The summed E-state index contributed by atoms with van der Waals surface area (Å²) in [4.78, 5) is 2.34. The highest BCUT2D eigenvalue weighted by Crippen LogP contribution is 2.21. The van der Waals surface area contributed by atoms with Crippen molar-refractivity contribution >= 4 is 5.69 Å². The molecule has 2 nitrogen and oxygen atoms in total. The Morgan fingerprint density at radius 2 is 2.00 bits per heavy atom. The van der Waals surface area contributed by atoms with Crippen LogP contribution in [0.2, 0.25) is 0 Å². The normalized spacial score (nSPS) is 10.5. The van der Waals surface area contributed by atoms with Crippen LogP contribution in [0.1, 0.15) is 31.4 Å². The minimum absolute atomic E-state index is 0.960. The Kier molecular flexibility index (Phi) is 5.33. The molecule has 0 spiro atoms. The van der Waals surface area contributed by atoms with Gasteiger partial charge in [-0.3, -0.25) is 0 Å². The van der Waals surface area contributed by atoms with Crippen LogP contribution in [0.4, 0.5) is 5.69 Å². The van der Waals surface area contributed by atoms with Crippen LogP contribution < -0.4 is 10.2 Å². The molecule has 0 heterocycles. The van der Waals surface area contributed by atoms with Gasteiger partial charge in [-0.2, -0.15) is 0 Å². The second-order valence-electron chi connectivity index (χ2n) is 4.33. The molecule has 0 aliphatic rings. The van der Waals surface area contributed by atoms with Gasteiger partial charge in [0.2, 0.25) is 0 Å². The van der Waals surface area contributed by atoms with Crippen molar-refractivity contribution < 1.29 is 0 Å². The van der Waals surface area contributed by atoms with Crippen molar-refractivity contribution in [1.29, 1.82) is 0 Å². The van der Waals surface area contributed by atoms with Crippen molar-refractivity contribution in [3.8, 4) is 0 Å². The molecule has 1 N–H and O–H groups in total. The average molecular weight is 220 g/mol. The molecule has 0 atom stereocenters. The summed E-state index contributed by atoms with van der Waals surface area (Å²) < 4.78 is 0. The standard InChI is InChI=1S/C14H24N2/c1-5-9-16(4)14-8-7-12(3)10-13(14)11-15-6-2/h7-8,10,15H,5-6,9,11H2,1-4H3. The van der Waals surface area contributed by atoms with Crippen molar-refractivity contribution in [2.75, 3.05) is 25.0 Å². The monoisotopic (exact) mass is 220 g/mol. The summed E-state index contributed by atoms with van der Waals surface area (Å²) in [6.07, 6.45) is 1.19. The minimum atomic E-state index is 0.960. The number of hydrogen-bond donors (Lipinski definition) is 1. The maximum atomic E-state index is 3.40. The molecule has 0 unspecified atom stereocenters. The van der Waals surface area contributed by atoms with Gasteiger partial charge in [0.15, 0.2) is 0 Å². The van der Waals surface area contributed by atoms with Crippen LogP contribution in [0.15, 0.2) is 18.2 Å². The molecule has 0 radical (unpaired) electrons. The maximum absolute atomic E-state index is 3.40. The van der Waals surface area contributed by atoms with Crippen LogP contribution in [0.5, 0.6) is 0 Å². The molecule has 0 aliphatic carbocycles. The first-order valence-electron chi connectivity index (χ1n) is 6.20. The van der Waals surface area contributed by atoms with E-state index < -0.39 is 0 Å². The van der Waals surface area contributed by atoms with Gasteiger partial charge in [0, 0.05) is 25.8 Å². The van der Waals surface area contributed by atoms with E-state index in [0.717, 1.165) is 19.6 Å². The van der Waals surface area contributed by atoms with Gasteiger partial charge in [0.05, 0.1) is 0 Å². The van der Waals surface area contributed by atoms with E-state index >= 15 is 0 Å². The second kappa shape index (κ2) is 6.54. The summed E-state index contributed by atoms with van der Waals surface area (Å²) >= 11 is 0. The van der Waals surface area contributed by atoms with Crippen molar-refractivity contribution in [3.63, 3.8) is 0 Å². The third-order valence-electron chi connectivity index (χ3n) is 2.77. The van der Waals surface area contributed by atoms with Crippen molar-refractivity contribution in [2.45, 2.75) is 33.7 Å². The number of rotatable bonds is 6. The van der Waals surface area contributed by atoms with Crippen molar-refractivity contribution in [3.05, 3.63) is 29.3 Å². The van der Waals surface area contributed by atoms with Gasteiger partial charge in [-0.15, -0.1) is 0 Å². The molecule has 0 saturated heterocycles. The Labute approximate surface area is 99.7 Å². The third-order valence-corrected chi connectivity index (χ3v) is 2.77. The smallest absolute Gasteiger partial charge is 0.0409 e. The fraction of sp³-hybridized carbons (Fsp3) is 0.571. The Bertz CT molecular complexity index is 321. The van der Waals surface area contributed by atoms with Crippen molar-refractivity contribution in [2.24, 2.45) is 0 Å². The van der Waals surface area contributed by atoms with E-state index in [4.69, 9.17) is 0 Å². The Morgan fingerprint density at radius 3 is 2.62 bits per heavy atom. The first-order chi connectivity index (χ1) is 7.69. The maximum Gasteiger partial charge on any atom is 0.0409 e. The zero-order valence-electron chi connectivity index (χ0n) is 11.0. The molecule has 0 amide bonds. The summed E-state index contributed by atoms with van der Waals surface area (Å²) in [7, 11) is 2.17. The van der Waals surface area contributed by atoms with Gasteiger partial charge < -0.3 is 10.2 Å². The minimum Gasteiger partial charge on any atom is -0.374 e. The van der Waals surface area contributed by atoms with E-state index in [2.05, 4.69) is 56.2 Å². The quantitative estimate of drug-likeness (QED) is 0.793. The molecule has 2 heteroatoms. The highest BCUT2D eigenvalue weighted by Gasteiger charge is 2.06. The van der Waals surface area contributed by atoms with Crippen LogP contribution >= 0.6 is 0 Å². The molecule has 1 aromatic rings. The van der Waals surface area contributed by atoms with E-state index in [1.165, 1.54) is 23.2 Å². The fourth-order valence-corrected chi connectivity index (χ4v) is 1.94. The van der Waals surface area contributed by atoms with Gasteiger partial charge in [0.25, 0.3) is 0 Å². The van der Waals surface area contributed by atoms with Gasteiger partial charge in [0.1, 0.15) is 0 Å². The molecule has 0 fully saturated rings. The van der Waals surface area contributed by atoms with Gasteiger partial charge in [-0.1, -0.05) is 31.5 Å². The Morgan fingerprint density at radius 1 is 1.25 bits per heavy atom. The summed E-state index contributed by atoms with van der Waals surface area (Å²) in [6.45, 7) is 9.60. The van der Waals surface area contributed by atoms with E-state index in [-0.39, 0.29) is 0 Å². The summed E-state index contributed by atoms with van der Waals surface area (Å²) in [6, 6.07) is 6.71. The summed E-state index contributed by atoms with van der Waals surface area (Å²) in [5, 5.41) is 3.40. The zero-order chi connectivity index (χ0) is 12.0. The lowest BCUT2D eigenvalue weighted by atomic mass is 10.1. The first kappa shape index (κ1) is 13.0. The van der Waals surface area contributed by atoms with E-state index in [0.29, 0.717) is 0 Å². The number of nitrogens with one attached hydrogen (secondary N) is 1. The number of benzene rings is 1. The van der Waals surface area contributed by atoms with Crippen LogP contribution in [0, 0.1) is 6.92 Å². The topological polar surface area (TPSA) is 15.3 Å². The molecule has 0 aliphatic heterocycles. The Hall–Kier alpha value is -1.02. The largest absolute Gasteiger partial charge is 0.374 e. The van der Waals surface area contributed by atoms with Crippen LogP contribution in [-0.2, 0) is 6.54 Å². The number of anilines is 1. The second-order valence-corrected chi connectivity index (χ2v) is 4.33. The average Bonchev–Trinajstić information content (AvgIpc) is 2.26. The predicted molar refractivity (Wildman–Crippen MR) is 72.1 cm³/mol. The van der Waals surface area contributed by atoms with Gasteiger partial charge in [-0.05, 0) is 31.5 Å². The molecular weight excluding hydrogens is 196 g/mol. The third kappa shape index (κ3) is 3.53. The Balaban J connectivity index is 2.88. The predicted octanol–water partition coefficient (Wildman–Crippen LogP) is 2.95. The van der Waals surface area contributed by atoms with Crippen LogP contribution in [-0.4, -0.2) is 20.1 Å². The molecule has 0 aromatic heterocycles. The first-order valence-corrected chi connectivity index (χ1v) is 6.20. The van der Waals surface area contributed by atoms with Crippen molar-refractivity contribution in [1.82, 2.24) is 5.32 Å². The highest BCUT2D eigenvalue weighted by atomic mass is 15.1. The lowest BCUT2D eigenvalue weighted by molar-refractivity contribution is 0.721. The number of aryl methyl sites for hydroxylation is 1. The fourth-order valence-electron chi connectivity index (χ4n) is 1.94. The molecule has 90 valence electrons.